The van der Waals surface area contributed by atoms with Gasteiger partial charge in [0.1, 0.15) is 0 Å². The molecule has 0 radical (unpaired) electrons. The first-order valence-corrected chi connectivity index (χ1v) is 7.37. The Morgan fingerprint density at radius 1 is 1.28 bits per heavy atom. The summed E-state index contributed by atoms with van der Waals surface area (Å²) in [4.78, 5) is 12.2. The highest BCUT2D eigenvalue weighted by molar-refractivity contribution is 7.85. The van der Waals surface area contributed by atoms with Crippen LogP contribution in [0.15, 0.2) is 29.2 Å². The highest BCUT2D eigenvalue weighted by Crippen LogP contribution is 2.10. The molecule has 0 saturated carbocycles. The average Bonchev–Trinajstić information content (AvgIpc) is 2.39. The van der Waals surface area contributed by atoms with Crippen molar-refractivity contribution in [2.75, 3.05) is 25.4 Å². The van der Waals surface area contributed by atoms with Gasteiger partial charge < -0.3 is 10.1 Å². The fourth-order valence-electron chi connectivity index (χ4n) is 1.42. The van der Waals surface area contributed by atoms with Crippen LogP contribution in [0.3, 0.4) is 0 Å². The molecule has 1 aromatic carbocycles. The molecule has 0 spiro atoms. The van der Waals surface area contributed by atoms with Crippen LogP contribution in [0.2, 0.25) is 0 Å². The number of nitrogens with one attached hydrogen (secondary N) is 1. The van der Waals surface area contributed by atoms with E-state index in [1.807, 2.05) is 6.92 Å². The van der Waals surface area contributed by atoms with Gasteiger partial charge in [-0.25, -0.2) is 4.79 Å². The Labute approximate surface area is 110 Å². The standard InChI is InChI=1S/C13H19NO3S/c1-3-14-9-10-18(16)12-7-5-11(6-8-12)13(15)17-4-2/h5-8,14H,3-4,9-10H2,1-2H3. The lowest BCUT2D eigenvalue weighted by atomic mass is 10.2. The second-order valence-electron chi connectivity index (χ2n) is 3.65. The lowest BCUT2D eigenvalue weighted by molar-refractivity contribution is 0.0526. The molecule has 18 heavy (non-hydrogen) atoms. The SMILES string of the molecule is CCNCCS(=O)c1ccc(C(=O)OCC)cc1. The van der Waals surface area contributed by atoms with E-state index in [1.165, 1.54) is 0 Å². The van der Waals surface area contributed by atoms with Crippen LogP contribution in [-0.2, 0) is 15.5 Å². The van der Waals surface area contributed by atoms with Crippen LogP contribution in [0.1, 0.15) is 24.2 Å². The molecule has 5 heteroatoms. The van der Waals surface area contributed by atoms with Crippen LogP contribution in [0.4, 0.5) is 0 Å². The van der Waals surface area contributed by atoms with E-state index < -0.39 is 10.8 Å². The fraction of sp³-hybridized carbons (Fsp3) is 0.462. The first-order chi connectivity index (χ1) is 8.69. The highest BCUT2D eigenvalue weighted by atomic mass is 32.2. The summed E-state index contributed by atoms with van der Waals surface area (Å²) in [5.41, 5.74) is 0.490. The highest BCUT2D eigenvalue weighted by Gasteiger charge is 2.08. The topological polar surface area (TPSA) is 55.4 Å². The van der Waals surface area contributed by atoms with Crippen molar-refractivity contribution in [3.05, 3.63) is 29.8 Å². The minimum absolute atomic E-state index is 0.345. The third-order valence-electron chi connectivity index (χ3n) is 2.34. The van der Waals surface area contributed by atoms with E-state index in [2.05, 4.69) is 5.32 Å². The summed E-state index contributed by atoms with van der Waals surface area (Å²) in [6.45, 7) is 5.73. The molecule has 1 aromatic rings. The van der Waals surface area contributed by atoms with Gasteiger partial charge in [-0.05, 0) is 37.7 Å². The van der Waals surface area contributed by atoms with Crippen LogP contribution in [-0.4, -0.2) is 35.6 Å². The molecule has 0 bridgehead atoms. The van der Waals surface area contributed by atoms with Gasteiger partial charge in [-0.1, -0.05) is 6.92 Å². The molecule has 1 N–H and O–H groups in total. The number of benzene rings is 1. The molecule has 0 amide bonds. The quantitative estimate of drug-likeness (QED) is 0.603. The summed E-state index contributed by atoms with van der Waals surface area (Å²) in [5, 5.41) is 3.13. The molecule has 0 aliphatic heterocycles. The molecule has 100 valence electrons. The maximum absolute atomic E-state index is 11.9. The summed E-state index contributed by atoms with van der Waals surface area (Å²) >= 11 is 0. The fourth-order valence-corrected chi connectivity index (χ4v) is 2.42. The van der Waals surface area contributed by atoms with Gasteiger partial charge in [-0.15, -0.1) is 0 Å². The minimum atomic E-state index is -1.02. The van der Waals surface area contributed by atoms with Gasteiger partial charge in [0.25, 0.3) is 0 Å². The monoisotopic (exact) mass is 269 g/mol. The second kappa shape index (κ2) is 8.00. The zero-order valence-electron chi connectivity index (χ0n) is 10.8. The van der Waals surface area contributed by atoms with E-state index in [1.54, 1.807) is 31.2 Å². The van der Waals surface area contributed by atoms with Crippen molar-refractivity contribution in [3.63, 3.8) is 0 Å². The van der Waals surface area contributed by atoms with Crippen LogP contribution >= 0.6 is 0 Å². The maximum Gasteiger partial charge on any atom is 0.338 e. The first kappa shape index (κ1) is 14.9. The Morgan fingerprint density at radius 2 is 1.94 bits per heavy atom. The Morgan fingerprint density at radius 3 is 2.50 bits per heavy atom. The number of hydrogen-bond donors (Lipinski definition) is 1. The Balaban J connectivity index is 2.59. The maximum atomic E-state index is 11.9. The summed E-state index contributed by atoms with van der Waals surface area (Å²) in [7, 11) is -1.02. The van der Waals surface area contributed by atoms with Gasteiger partial charge in [-0.2, -0.15) is 0 Å². The zero-order chi connectivity index (χ0) is 13.4. The molecule has 0 aliphatic rings. The molecule has 0 aliphatic carbocycles. The summed E-state index contributed by atoms with van der Waals surface area (Å²) in [5.74, 6) is 0.231. The zero-order valence-corrected chi connectivity index (χ0v) is 11.6. The van der Waals surface area contributed by atoms with Crippen molar-refractivity contribution >= 4 is 16.8 Å². The van der Waals surface area contributed by atoms with Crippen molar-refractivity contribution in [1.82, 2.24) is 5.32 Å². The van der Waals surface area contributed by atoms with E-state index in [0.29, 0.717) is 17.9 Å². The number of rotatable bonds is 7. The number of hydrogen-bond acceptors (Lipinski definition) is 4. The molecule has 0 heterocycles. The number of esters is 1. The van der Waals surface area contributed by atoms with E-state index in [4.69, 9.17) is 4.74 Å². The average molecular weight is 269 g/mol. The molecular weight excluding hydrogens is 250 g/mol. The summed E-state index contributed by atoms with van der Waals surface area (Å²) in [6, 6.07) is 6.74. The summed E-state index contributed by atoms with van der Waals surface area (Å²) in [6.07, 6.45) is 0. The third-order valence-corrected chi connectivity index (χ3v) is 3.72. The minimum Gasteiger partial charge on any atom is -0.462 e. The molecule has 0 saturated heterocycles. The smallest absolute Gasteiger partial charge is 0.338 e. The Bertz CT molecular complexity index is 403. The van der Waals surface area contributed by atoms with Crippen molar-refractivity contribution in [1.29, 1.82) is 0 Å². The van der Waals surface area contributed by atoms with Crippen LogP contribution in [0, 0.1) is 0 Å². The van der Waals surface area contributed by atoms with E-state index >= 15 is 0 Å². The molecule has 1 unspecified atom stereocenters. The lowest BCUT2D eigenvalue weighted by Crippen LogP contribution is -2.19. The van der Waals surface area contributed by atoms with Crippen molar-refractivity contribution in [2.45, 2.75) is 18.7 Å². The Hall–Kier alpha value is -1.20. The second-order valence-corrected chi connectivity index (χ2v) is 5.22. The molecular formula is C13H19NO3S. The van der Waals surface area contributed by atoms with E-state index in [0.717, 1.165) is 18.0 Å². The van der Waals surface area contributed by atoms with Gasteiger partial charge in [0.15, 0.2) is 0 Å². The lowest BCUT2D eigenvalue weighted by Gasteiger charge is -2.05. The number of carbonyl (C=O) groups is 1. The normalized spacial score (nSPS) is 12.1. The third kappa shape index (κ3) is 4.58. The van der Waals surface area contributed by atoms with Crippen molar-refractivity contribution in [3.8, 4) is 0 Å². The number of carbonyl (C=O) groups excluding carboxylic acids is 1. The molecule has 1 atom stereocenters. The van der Waals surface area contributed by atoms with E-state index in [-0.39, 0.29) is 5.97 Å². The van der Waals surface area contributed by atoms with Gasteiger partial charge in [0, 0.05) is 17.2 Å². The van der Waals surface area contributed by atoms with Gasteiger partial charge >= 0.3 is 5.97 Å². The molecule has 0 fully saturated rings. The van der Waals surface area contributed by atoms with Crippen molar-refractivity contribution in [2.24, 2.45) is 0 Å². The predicted octanol–water partition coefficient (Wildman–Crippen LogP) is 1.58. The molecule has 4 nitrogen and oxygen atoms in total. The van der Waals surface area contributed by atoms with E-state index in [9.17, 15) is 9.00 Å². The predicted molar refractivity (Wildman–Crippen MR) is 72.2 cm³/mol. The first-order valence-electron chi connectivity index (χ1n) is 6.05. The number of ether oxygens (including phenoxy) is 1. The van der Waals surface area contributed by atoms with Crippen molar-refractivity contribution < 1.29 is 13.7 Å². The van der Waals surface area contributed by atoms with Crippen LogP contribution in [0.25, 0.3) is 0 Å². The van der Waals surface area contributed by atoms with Gasteiger partial charge in [-0.3, -0.25) is 4.21 Å². The van der Waals surface area contributed by atoms with Crippen LogP contribution in [0.5, 0.6) is 0 Å². The van der Waals surface area contributed by atoms with Crippen LogP contribution < -0.4 is 5.32 Å². The molecule has 0 aromatic heterocycles. The summed E-state index contributed by atoms with van der Waals surface area (Å²) < 4.78 is 16.8. The largest absolute Gasteiger partial charge is 0.462 e. The Kier molecular flexibility index (Phi) is 6.60. The van der Waals surface area contributed by atoms with Gasteiger partial charge in [0.05, 0.1) is 23.0 Å². The molecule has 1 rings (SSSR count). The van der Waals surface area contributed by atoms with Gasteiger partial charge in [0.2, 0.25) is 0 Å².